The first kappa shape index (κ1) is 12.8. The number of ether oxygens (including phenoxy) is 1. The maximum absolute atomic E-state index is 12.9. The van der Waals surface area contributed by atoms with Crippen molar-refractivity contribution >= 4 is 5.97 Å². The normalized spacial score (nSPS) is 9.68. The molecule has 0 radical (unpaired) electrons. The van der Waals surface area contributed by atoms with Crippen LogP contribution in [0.5, 0.6) is 0 Å². The average Bonchev–Trinajstić information content (AvgIpc) is 2.45. The van der Waals surface area contributed by atoms with Crippen molar-refractivity contribution in [2.24, 2.45) is 0 Å². The van der Waals surface area contributed by atoms with Crippen LogP contribution in [-0.2, 0) is 11.3 Å². The van der Waals surface area contributed by atoms with Gasteiger partial charge in [-0.25, -0.2) is 9.18 Å². The van der Waals surface area contributed by atoms with E-state index >= 15 is 0 Å². The number of nitrogens with zero attached hydrogens (tertiary/aromatic N) is 1. The van der Waals surface area contributed by atoms with E-state index in [9.17, 15) is 9.18 Å². The first-order valence-corrected chi connectivity index (χ1v) is 5.61. The molecule has 94 valence electrons. The van der Waals surface area contributed by atoms with Gasteiger partial charge in [0.25, 0.3) is 0 Å². The molecule has 0 spiro atoms. The minimum atomic E-state index is -0.580. The molecule has 0 aromatic heterocycles. The van der Waals surface area contributed by atoms with Gasteiger partial charge in [-0.1, -0.05) is 18.2 Å². The second kappa shape index (κ2) is 5.78. The van der Waals surface area contributed by atoms with E-state index in [0.717, 1.165) is 11.6 Å². The molecule has 0 fully saturated rings. The minimum Gasteiger partial charge on any atom is -0.457 e. The van der Waals surface area contributed by atoms with Crippen molar-refractivity contribution in [1.82, 2.24) is 0 Å². The molecule has 0 unspecified atom stereocenters. The number of esters is 1. The number of carbonyl (C=O) groups is 1. The van der Waals surface area contributed by atoms with Crippen LogP contribution in [0.2, 0.25) is 0 Å². The van der Waals surface area contributed by atoms with E-state index in [4.69, 9.17) is 10.00 Å². The predicted molar refractivity (Wildman–Crippen MR) is 66.7 cm³/mol. The van der Waals surface area contributed by atoms with Gasteiger partial charge in [0, 0.05) is 0 Å². The average molecular weight is 255 g/mol. The highest BCUT2D eigenvalue weighted by molar-refractivity contribution is 5.89. The molecular weight excluding hydrogens is 245 g/mol. The Labute approximate surface area is 109 Å². The van der Waals surface area contributed by atoms with Crippen molar-refractivity contribution in [2.75, 3.05) is 0 Å². The van der Waals surface area contributed by atoms with Gasteiger partial charge in [-0.2, -0.15) is 5.26 Å². The highest BCUT2D eigenvalue weighted by Crippen LogP contribution is 2.09. The lowest BCUT2D eigenvalue weighted by Crippen LogP contribution is -2.05. The minimum absolute atomic E-state index is 0.0844. The van der Waals surface area contributed by atoms with Gasteiger partial charge in [-0.15, -0.1) is 0 Å². The molecule has 0 saturated carbocycles. The zero-order valence-electron chi connectivity index (χ0n) is 9.97. The summed E-state index contributed by atoms with van der Waals surface area (Å²) in [4.78, 5) is 11.7. The molecule has 3 nitrogen and oxygen atoms in total. The fourth-order valence-corrected chi connectivity index (χ4v) is 1.52. The van der Waals surface area contributed by atoms with Gasteiger partial charge in [0.2, 0.25) is 0 Å². The predicted octanol–water partition coefficient (Wildman–Crippen LogP) is 3.05. The molecule has 19 heavy (non-hydrogen) atoms. The van der Waals surface area contributed by atoms with Crippen LogP contribution in [-0.4, -0.2) is 5.97 Å². The van der Waals surface area contributed by atoms with E-state index in [-0.39, 0.29) is 12.2 Å². The molecule has 0 saturated heterocycles. The first-order chi connectivity index (χ1) is 9.19. The van der Waals surface area contributed by atoms with Crippen LogP contribution in [0.15, 0.2) is 48.5 Å². The Bertz CT molecular complexity index is 629. The van der Waals surface area contributed by atoms with Crippen molar-refractivity contribution in [3.05, 3.63) is 71.0 Å². The summed E-state index contributed by atoms with van der Waals surface area (Å²) in [7, 11) is 0. The molecule has 0 aliphatic carbocycles. The molecule has 0 amide bonds. The molecule has 0 N–H and O–H groups in total. The third-order valence-electron chi connectivity index (χ3n) is 2.51. The van der Waals surface area contributed by atoms with Crippen molar-refractivity contribution in [2.45, 2.75) is 6.61 Å². The monoisotopic (exact) mass is 255 g/mol. The van der Waals surface area contributed by atoms with Gasteiger partial charge in [0.1, 0.15) is 12.4 Å². The van der Waals surface area contributed by atoms with E-state index in [1.54, 1.807) is 24.3 Å². The summed E-state index contributed by atoms with van der Waals surface area (Å²) in [5.41, 5.74) is 1.48. The summed E-state index contributed by atoms with van der Waals surface area (Å²) in [5.74, 6) is -1.06. The molecule has 0 aliphatic rings. The number of rotatable bonds is 3. The van der Waals surface area contributed by atoms with Crippen LogP contribution in [0.1, 0.15) is 21.5 Å². The van der Waals surface area contributed by atoms with E-state index in [1.807, 2.05) is 6.07 Å². The molecule has 0 heterocycles. The Morgan fingerprint density at radius 1 is 1.21 bits per heavy atom. The summed E-state index contributed by atoms with van der Waals surface area (Å²) < 4.78 is 18.0. The van der Waals surface area contributed by atoms with E-state index in [1.165, 1.54) is 18.2 Å². The summed E-state index contributed by atoms with van der Waals surface area (Å²) in [6.07, 6.45) is 0. The van der Waals surface area contributed by atoms with E-state index in [0.29, 0.717) is 5.56 Å². The summed E-state index contributed by atoms with van der Waals surface area (Å²) in [6, 6.07) is 14.0. The van der Waals surface area contributed by atoms with Gasteiger partial charge in [0.15, 0.2) is 0 Å². The van der Waals surface area contributed by atoms with Gasteiger partial charge in [0.05, 0.1) is 17.2 Å². The number of hydrogen-bond acceptors (Lipinski definition) is 3. The summed E-state index contributed by atoms with van der Waals surface area (Å²) >= 11 is 0. The smallest absolute Gasteiger partial charge is 0.338 e. The van der Waals surface area contributed by atoms with Gasteiger partial charge < -0.3 is 4.74 Å². The third kappa shape index (κ3) is 3.39. The van der Waals surface area contributed by atoms with Gasteiger partial charge >= 0.3 is 5.97 Å². The molecule has 2 rings (SSSR count). The number of nitriles is 1. The van der Waals surface area contributed by atoms with Crippen molar-refractivity contribution in [1.29, 1.82) is 5.26 Å². The Morgan fingerprint density at radius 3 is 2.58 bits per heavy atom. The van der Waals surface area contributed by atoms with Crippen LogP contribution in [0.3, 0.4) is 0 Å². The highest BCUT2D eigenvalue weighted by atomic mass is 19.1. The van der Waals surface area contributed by atoms with Crippen molar-refractivity contribution in [3.63, 3.8) is 0 Å². The van der Waals surface area contributed by atoms with Crippen molar-refractivity contribution in [3.8, 4) is 6.07 Å². The number of benzene rings is 2. The van der Waals surface area contributed by atoms with E-state index in [2.05, 4.69) is 0 Å². The van der Waals surface area contributed by atoms with Crippen molar-refractivity contribution < 1.29 is 13.9 Å². The van der Waals surface area contributed by atoms with Crippen LogP contribution in [0.25, 0.3) is 0 Å². The molecule has 0 atom stereocenters. The molecule has 2 aromatic carbocycles. The number of carbonyl (C=O) groups excluding carboxylic acids is 1. The van der Waals surface area contributed by atoms with Gasteiger partial charge in [-0.05, 0) is 35.9 Å². The summed E-state index contributed by atoms with van der Waals surface area (Å²) in [6.45, 7) is 0.0844. The highest BCUT2D eigenvalue weighted by Gasteiger charge is 2.08. The Hall–Kier alpha value is -2.67. The molecule has 0 bridgehead atoms. The lowest BCUT2D eigenvalue weighted by atomic mass is 10.1. The lowest BCUT2D eigenvalue weighted by molar-refractivity contribution is 0.0472. The maximum Gasteiger partial charge on any atom is 0.338 e. The zero-order chi connectivity index (χ0) is 13.7. The molecule has 2 aromatic rings. The first-order valence-electron chi connectivity index (χ1n) is 5.61. The zero-order valence-corrected chi connectivity index (χ0v) is 9.97. The second-order valence-electron chi connectivity index (χ2n) is 3.90. The van der Waals surface area contributed by atoms with Crippen LogP contribution >= 0.6 is 0 Å². The fourth-order valence-electron chi connectivity index (χ4n) is 1.52. The molecular formula is C15H10FNO2. The maximum atomic E-state index is 12.9. The quantitative estimate of drug-likeness (QED) is 0.792. The number of hydrogen-bond donors (Lipinski definition) is 0. The SMILES string of the molecule is N#Cc1ccc(COC(=O)c2cccc(F)c2)cc1. The topological polar surface area (TPSA) is 50.1 Å². The van der Waals surface area contributed by atoms with Crippen LogP contribution in [0.4, 0.5) is 4.39 Å². The Morgan fingerprint density at radius 2 is 1.95 bits per heavy atom. The number of halogens is 1. The third-order valence-corrected chi connectivity index (χ3v) is 2.51. The standard InChI is InChI=1S/C15H10FNO2/c16-14-3-1-2-13(8-14)15(18)19-10-12-6-4-11(9-17)5-7-12/h1-8H,10H2. The van der Waals surface area contributed by atoms with Crippen LogP contribution in [0, 0.1) is 17.1 Å². The lowest BCUT2D eigenvalue weighted by Gasteiger charge is -2.05. The Balaban J connectivity index is 1.98. The largest absolute Gasteiger partial charge is 0.457 e. The second-order valence-corrected chi connectivity index (χ2v) is 3.90. The Kier molecular flexibility index (Phi) is 3.89. The molecule has 0 aliphatic heterocycles. The molecule has 4 heteroatoms. The van der Waals surface area contributed by atoms with E-state index < -0.39 is 11.8 Å². The summed E-state index contributed by atoms with van der Waals surface area (Å²) in [5, 5.41) is 8.65. The van der Waals surface area contributed by atoms with Crippen LogP contribution < -0.4 is 0 Å². The fraction of sp³-hybridized carbons (Fsp3) is 0.0667. The van der Waals surface area contributed by atoms with Gasteiger partial charge in [-0.3, -0.25) is 0 Å².